The van der Waals surface area contributed by atoms with Gasteiger partial charge in [0.15, 0.2) is 0 Å². The van der Waals surface area contributed by atoms with Gasteiger partial charge in [-0.15, -0.1) is 0 Å². The smallest absolute Gasteiger partial charge is 0.0191 e. The monoisotopic (exact) mass is 172 g/mol. The Kier molecular flexibility index (Phi) is 1.11. The van der Waals surface area contributed by atoms with Crippen LogP contribution in [0.3, 0.4) is 0 Å². The quantitative estimate of drug-likeness (QED) is 0.493. The van der Waals surface area contributed by atoms with E-state index in [1.165, 1.54) is 19.3 Å². The fourth-order valence-corrected chi connectivity index (χ4v) is 4.61. The van der Waals surface area contributed by atoms with Gasteiger partial charge in [-0.1, -0.05) is 24.3 Å². The molecule has 0 saturated heterocycles. The lowest BCUT2D eigenvalue weighted by Crippen LogP contribution is -2.38. The number of allylic oxidation sites excluding steroid dienone is 4. The third-order valence-electron chi connectivity index (χ3n) is 5.01. The largest absolute Gasteiger partial charge is 0.0848 e. The Hall–Kier alpha value is -0.520. The topological polar surface area (TPSA) is 0 Å². The molecule has 2 fully saturated rings. The van der Waals surface area contributed by atoms with Crippen LogP contribution < -0.4 is 0 Å². The lowest BCUT2D eigenvalue weighted by molar-refractivity contribution is 0.112. The highest BCUT2D eigenvalue weighted by atomic mass is 14.6. The summed E-state index contributed by atoms with van der Waals surface area (Å²) in [6, 6.07) is 0. The summed E-state index contributed by atoms with van der Waals surface area (Å²) in [5, 5.41) is 0. The highest BCUT2D eigenvalue weighted by molar-refractivity contribution is 5.23. The lowest BCUT2D eigenvalue weighted by atomic mass is 9.59. The molecule has 13 heavy (non-hydrogen) atoms. The molecular formula is C13H16. The van der Waals surface area contributed by atoms with E-state index in [1.54, 1.807) is 0 Å². The molecule has 0 N–H and O–H groups in total. The first-order chi connectivity index (χ1) is 6.43. The van der Waals surface area contributed by atoms with Gasteiger partial charge in [-0.3, -0.25) is 0 Å². The number of hydrogen-bond acceptors (Lipinski definition) is 0. The van der Waals surface area contributed by atoms with E-state index in [2.05, 4.69) is 24.3 Å². The first-order valence-electron chi connectivity index (χ1n) is 5.80. The summed E-state index contributed by atoms with van der Waals surface area (Å²) < 4.78 is 0. The second-order valence-corrected chi connectivity index (χ2v) is 5.39. The minimum atomic E-state index is 0.954. The molecule has 5 aliphatic rings. The van der Waals surface area contributed by atoms with Crippen LogP contribution in [0.1, 0.15) is 19.3 Å². The summed E-state index contributed by atoms with van der Waals surface area (Å²) >= 11 is 0. The molecule has 5 aliphatic carbocycles. The van der Waals surface area contributed by atoms with Gasteiger partial charge in [0.1, 0.15) is 0 Å². The summed E-state index contributed by atoms with van der Waals surface area (Å²) in [4.78, 5) is 0. The molecule has 4 bridgehead atoms. The van der Waals surface area contributed by atoms with Gasteiger partial charge >= 0.3 is 0 Å². The Morgan fingerprint density at radius 3 is 1.54 bits per heavy atom. The Morgan fingerprint density at radius 1 is 0.615 bits per heavy atom. The molecule has 0 aromatic carbocycles. The maximum Gasteiger partial charge on any atom is -0.0191 e. The molecule has 0 aromatic rings. The van der Waals surface area contributed by atoms with Gasteiger partial charge < -0.3 is 0 Å². The van der Waals surface area contributed by atoms with Crippen molar-refractivity contribution in [2.45, 2.75) is 19.3 Å². The number of rotatable bonds is 0. The second kappa shape index (κ2) is 2.10. The Morgan fingerprint density at radius 2 is 1.08 bits per heavy atom. The Bertz CT molecular complexity index is 271. The van der Waals surface area contributed by atoms with Gasteiger partial charge in [-0.05, 0) is 54.8 Å². The fraction of sp³-hybridized carbons (Fsp3) is 0.692. The van der Waals surface area contributed by atoms with Crippen LogP contribution in [0.4, 0.5) is 0 Å². The van der Waals surface area contributed by atoms with E-state index in [-0.39, 0.29) is 0 Å². The molecule has 0 aliphatic heterocycles. The van der Waals surface area contributed by atoms with E-state index < -0.39 is 0 Å². The van der Waals surface area contributed by atoms with Gasteiger partial charge in [0.25, 0.3) is 0 Å². The summed E-state index contributed by atoms with van der Waals surface area (Å²) in [5.74, 6) is 5.95. The molecule has 0 radical (unpaired) electrons. The highest BCUT2D eigenvalue weighted by Gasteiger charge is 2.53. The molecule has 68 valence electrons. The van der Waals surface area contributed by atoms with Crippen molar-refractivity contribution in [3.05, 3.63) is 24.3 Å². The zero-order valence-corrected chi connectivity index (χ0v) is 7.89. The normalized spacial score (nSPS) is 60.3. The molecule has 0 heterocycles. The lowest BCUT2D eigenvalue weighted by Gasteiger charge is -2.46. The van der Waals surface area contributed by atoms with Crippen molar-refractivity contribution < 1.29 is 0 Å². The van der Waals surface area contributed by atoms with Crippen molar-refractivity contribution in [3.8, 4) is 0 Å². The van der Waals surface area contributed by atoms with Gasteiger partial charge in [-0.2, -0.15) is 0 Å². The average Bonchev–Trinajstić information content (AvgIpc) is 2.80. The predicted molar refractivity (Wildman–Crippen MR) is 53.1 cm³/mol. The van der Waals surface area contributed by atoms with Gasteiger partial charge in [0.05, 0.1) is 0 Å². The molecule has 0 aromatic heterocycles. The van der Waals surface area contributed by atoms with E-state index in [0.717, 1.165) is 35.5 Å². The third-order valence-corrected chi connectivity index (χ3v) is 5.01. The SMILES string of the molecule is C1=C[C@@H]2CC1C1C2[C@H]2C=C[C@@H]1CC2. The molecule has 3 unspecified atom stereocenters. The van der Waals surface area contributed by atoms with Crippen molar-refractivity contribution in [3.63, 3.8) is 0 Å². The van der Waals surface area contributed by atoms with Crippen molar-refractivity contribution in [1.82, 2.24) is 0 Å². The van der Waals surface area contributed by atoms with Crippen molar-refractivity contribution in [2.24, 2.45) is 35.5 Å². The molecule has 6 atom stereocenters. The molecule has 0 heteroatoms. The molecule has 0 nitrogen and oxygen atoms in total. The minimum Gasteiger partial charge on any atom is -0.0848 e. The molecular weight excluding hydrogens is 156 g/mol. The summed E-state index contributed by atoms with van der Waals surface area (Å²) in [7, 11) is 0. The van der Waals surface area contributed by atoms with Crippen LogP contribution in [-0.2, 0) is 0 Å². The van der Waals surface area contributed by atoms with Crippen LogP contribution in [0.25, 0.3) is 0 Å². The number of hydrogen-bond donors (Lipinski definition) is 0. The van der Waals surface area contributed by atoms with E-state index >= 15 is 0 Å². The molecule has 0 spiro atoms. The second-order valence-electron chi connectivity index (χ2n) is 5.39. The van der Waals surface area contributed by atoms with E-state index in [9.17, 15) is 0 Å². The first-order valence-corrected chi connectivity index (χ1v) is 5.80. The van der Waals surface area contributed by atoms with Gasteiger partial charge in [-0.25, -0.2) is 0 Å². The van der Waals surface area contributed by atoms with E-state index in [0.29, 0.717) is 0 Å². The van der Waals surface area contributed by atoms with Crippen LogP contribution in [0.2, 0.25) is 0 Å². The van der Waals surface area contributed by atoms with Crippen LogP contribution in [-0.4, -0.2) is 0 Å². The van der Waals surface area contributed by atoms with Gasteiger partial charge in [0, 0.05) is 0 Å². The van der Waals surface area contributed by atoms with Crippen LogP contribution in [0.15, 0.2) is 24.3 Å². The maximum absolute atomic E-state index is 2.53. The standard InChI is InChI=1S/C13H16/c1-2-9-4-3-8(1)12-10-5-6-11(7-10)13(9)12/h1-2,5-6,8-13H,3-4,7H2/t8-,9+,10+,11?,12?,13?/m0/s1. The van der Waals surface area contributed by atoms with Crippen molar-refractivity contribution in [2.75, 3.05) is 0 Å². The maximum atomic E-state index is 2.53. The zero-order chi connectivity index (χ0) is 8.41. The Balaban J connectivity index is 1.84. The molecule has 2 saturated carbocycles. The first kappa shape index (κ1) is 6.86. The highest BCUT2D eigenvalue weighted by Crippen LogP contribution is 2.60. The third kappa shape index (κ3) is 0.697. The van der Waals surface area contributed by atoms with Crippen LogP contribution in [0.5, 0.6) is 0 Å². The van der Waals surface area contributed by atoms with Crippen molar-refractivity contribution in [1.29, 1.82) is 0 Å². The van der Waals surface area contributed by atoms with Crippen molar-refractivity contribution >= 4 is 0 Å². The summed E-state index contributed by atoms with van der Waals surface area (Å²) in [6.45, 7) is 0. The van der Waals surface area contributed by atoms with Crippen LogP contribution >= 0.6 is 0 Å². The molecule has 0 amide bonds. The fourth-order valence-electron chi connectivity index (χ4n) is 4.61. The predicted octanol–water partition coefficient (Wildman–Crippen LogP) is 3.02. The zero-order valence-electron chi connectivity index (χ0n) is 7.89. The molecule has 5 rings (SSSR count). The minimum absolute atomic E-state index is 0.954. The van der Waals surface area contributed by atoms with Gasteiger partial charge in [0.2, 0.25) is 0 Å². The summed E-state index contributed by atoms with van der Waals surface area (Å²) in [5.41, 5.74) is 0. The summed E-state index contributed by atoms with van der Waals surface area (Å²) in [6.07, 6.45) is 14.6. The Labute approximate surface area is 79.7 Å². The van der Waals surface area contributed by atoms with Crippen LogP contribution in [0, 0.1) is 35.5 Å². The van der Waals surface area contributed by atoms with E-state index in [4.69, 9.17) is 0 Å². The number of fused-ring (bicyclic) bond motifs is 3. The van der Waals surface area contributed by atoms with E-state index in [1.807, 2.05) is 0 Å². The average molecular weight is 172 g/mol.